The first-order valence-electron chi connectivity index (χ1n) is 13.0. The molecule has 0 aliphatic carbocycles. The second-order valence-corrected chi connectivity index (χ2v) is 13.7. The molecule has 3 saturated heterocycles. The number of benzene rings is 2. The first-order valence-corrected chi connectivity index (χ1v) is 15.7. The fourth-order valence-corrected chi connectivity index (χ4v) is 8.60. The Morgan fingerprint density at radius 1 is 1.12 bits per heavy atom. The van der Waals surface area contributed by atoms with Crippen molar-refractivity contribution in [2.75, 3.05) is 58.6 Å². The topological polar surface area (TPSA) is 93.6 Å². The maximum atomic E-state index is 15.0. The Morgan fingerprint density at radius 3 is 2.40 bits per heavy atom. The average Bonchev–Trinajstić information content (AvgIpc) is 3.17. The number of ether oxygens (including phenoxy) is 1. The van der Waals surface area contributed by atoms with Crippen molar-refractivity contribution in [3.8, 4) is 11.5 Å². The van der Waals surface area contributed by atoms with Gasteiger partial charge in [-0.25, -0.2) is 21.5 Å². The summed E-state index contributed by atoms with van der Waals surface area (Å²) in [7, 11) is -1.54. The van der Waals surface area contributed by atoms with E-state index in [-0.39, 0.29) is 30.2 Å². The molecule has 4 unspecified atom stereocenters. The number of piperazine rings is 2. The van der Waals surface area contributed by atoms with Crippen molar-refractivity contribution >= 4 is 39.5 Å². The van der Waals surface area contributed by atoms with Crippen LogP contribution in [0.5, 0.6) is 11.5 Å². The molecule has 3 aliphatic heterocycles. The van der Waals surface area contributed by atoms with E-state index in [0.29, 0.717) is 23.7 Å². The summed E-state index contributed by atoms with van der Waals surface area (Å²) in [5.74, 6) is -3.47. The van der Waals surface area contributed by atoms with Crippen LogP contribution in [0.2, 0.25) is 5.02 Å². The van der Waals surface area contributed by atoms with Crippen molar-refractivity contribution in [3.63, 3.8) is 0 Å². The third-order valence-electron chi connectivity index (χ3n) is 7.75. The minimum absolute atomic E-state index is 0.0946. The van der Waals surface area contributed by atoms with Gasteiger partial charge in [-0.1, -0.05) is 11.6 Å². The van der Waals surface area contributed by atoms with Gasteiger partial charge >= 0.3 is 5.97 Å². The van der Waals surface area contributed by atoms with Crippen LogP contribution in [-0.4, -0.2) is 108 Å². The Morgan fingerprint density at radius 2 is 1.77 bits per heavy atom. The second-order valence-electron chi connectivity index (χ2n) is 10.4. The molecule has 0 spiro atoms. The zero-order valence-electron chi connectivity index (χ0n) is 21.9. The van der Waals surface area contributed by atoms with Crippen LogP contribution >= 0.6 is 11.6 Å². The number of hydrogen-bond acceptors (Lipinski definition) is 6. The second kappa shape index (κ2) is 12.1. The predicted molar refractivity (Wildman–Crippen MR) is 148 cm³/mol. The highest BCUT2D eigenvalue weighted by molar-refractivity contribution is 7.83. The number of carboxylic acids is 1. The molecular formula is C26H31ClF2N4O5S2. The van der Waals surface area contributed by atoms with Gasteiger partial charge < -0.3 is 14.7 Å². The van der Waals surface area contributed by atoms with E-state index in [1.54, 1.807) is 4.31 Å². The highest BCUT2D eigenvalue weighted by Gasteiger charge is 2.59. The van der Waals surface area contributed by atoms with Crippen LogP contribution in [0.1, 0.15) is 12.8 Å². The molecule has 5 rings (SSSR count). The molecule has 2 bridgehead atoms. The van der Waals surface area contributed by atoms with Crippen molar-refractivity contribution in [3.05, 3.63) is 53.1 Å². The molecule has 2 aromatic rings. The van der Waals surface area contributed by atoms with E-state index >= 15 is 0 Å². The number of fused-ring (bicyclic) bond motifs is 2. The van der Waals surface area contributed by atoms with Gasteiger partial charge in [0, 0.05) is 56.9 Å². The number of carbonyl (C=O) groups is 1. The Balaban J connectivity index is 1.31. The molecule has 3 heterocycles. The van der Waals surface area contributed by atoms with Crippen LogP contribution < -0.4 is 4.74 Å². The van der Waals surface area contributed by atoms with Crippen LogP contribution in [0.3, 0.4) is 0 Å². The number of halogens is 3. The Hall–Kier alpha value is -2.00. The van der Waals surface area contributed by atoms with Gasteiger partial charge in [0.15, 0.2) is 17.4 Å². The van der Waals surface area contributed by atoms with Gasteiger partial charge in [-0.05, 0) is 56.3 Å². The Kier molecular flexibility index (Phi) is 8.91. The van der Waals surface area contributed by atoms with Crippen molar-refractivity contribution in [2.24, 2.45) is 0 Å². The lowest BCUT2D eigenvalue weighted by molar-refractivity contribution is -0.149. The fourth-order valence-electron chi connectivity index (χ4n) is 5.48. The monoisotopic (exact) mass is 616 g/mol. The summed E-state index contributed by atoms with van der Waals surface area (Å²) >= 11 is 5.84. The summed E-state index contributed by atoms with van der Waals surface area (Å²) in [4.78, 5) is 16.9. The average molecular weight is 617 g/mol. The van der Waals surface area contributed by atoms with Crippen molar-refractivity contribution < 1.29 is 31.8 Å². The normalized spacial score (nSPS) is 26.1. The molecule has 40 heavy (non-hydrogen) atoms. The van der Waals surface area contributed by atoms with E-state index in [2.05, 4.69) is 16.8 Å². The van der Waals surface area contributed by atoms with Crippen LogP contribution in [0, 0.1) is 11.6 Å². The number of carboxylic acid groups (broad SMARTS) is 1. The Bertz CT molecular complexity index is 1290. The summed E-state index contributed by atoms with van der Waals surface area (Å²) in [5.41, 5.74) is -1.59. The smallest absolute Gasteiger partial charge is 0.326 e. The molecule has 9 nitrogen and oxygen atoms in total. The molecule has 0 aromatic heterocycles. The molecule has 14 heteroatoms. The van der Waals surface area contributed by atoms with Crippen LogP contribution in [0.15, 0.2) is 41.3 Å². The van der Waals surface area contributed by atoms with Crippen molar-refractivity contribution in [2.45, 2.75) is 29.3 Å². The quantitative estimate of drug-likeness (QED) is 0.463. The number of hydrogen-bond donors (Lipinski definition) is 1. The summed E-state index contributed by atoms with van der Waals surface area (Å²) in [6, 6.07) is 7.23. The van der Waals surface area contributed by atoms with Gasteiger partial charge in [0.05, 0.1) is 21.6 Å². The molecule has 4 atom stereocenters. The third-order valence-corrected chi connectivity index (χ3v) is 11.0. The maximum absolute atomic E-state index is 15.0. The molecule has 0 amide bonds. The maximum Gasteiger partial charge on any atom is 0.326 e. The lowest BCUT2D eigenvalue weighted by Gasteiger charge is -2.44. The van der Waals surface area contributed by atoms with E-state index in [1.807, 2.05) is 0 Å². The minimum atomic E-state index is -2.18. The molecule has 3 fully saturated rings. The fraction of sp³-hybridized carbons (Fsp3) is 0.500. The van der Waals surface area contributed by atoms with Crippen LogP contribution in [-0.2, 0) is 26.8 Å². The third kappa shape index (κ3) is 5.96. The highest BCUT2D eigenvalue weighted by atomic mass is 35.5. The van der Waals surface area contributed by atoms with Gasteiger partial charge in [0.25, 0.3) is 0 Å². The minimum Gasteiger partial charge on any atom is -0.480 e. The Labute approximate surface area is 241 Å². The van der Waals surface area contributed by atoms with E-state index in [1.165, 1.54) is 28.6 Å². The SMILES string of the molecule is CN1CCN(CCS(=O)N2CC3CCC(C(=O)O)(C2)N3S(=O)c2cc(F)c(Oc3ccc(Cl)cc3)c(F)c2)CC1. The number of rotatable bonds is 9. The zero-order valence-corrected chi connectivity index (χ0v) is 24.3. The van der Waals surface area contributed by atoms with E-state index in [0.717, 1.165) is 38.3 Å². The summed E-state index contributed by atoms with van der Waals surface area (Å²) < 4.78 is 65.2. The summed E-state index contributed by atoms with van der Waals surface area (Å²) in [6.45, 7) is 4.45. The first-order chi connectivity index (χ1) is 19.1. The molecule has 2 aromatic carbocycles. The molecule has 1 N–H and O–H groups in total. The summed E-state index contributed by atoms with van der Waals surface area (Å²) in [6.07, 6.45) is 0.598. The first kappa shape index (κ1) is 29.5. The van der Waals surface area contributed by atoms with Gasteiger partial charge in [-0.2, -0.15) is 4.31 Å². The molecular weight excluding hydrogens is 586 g/mol. The van der Waals surface area contributed by atoms with E-state index in [9.17, 15) is 27.1 Å². The number of nitrogens with zero attached hydrogens (tertiary/aromatic N) is 4. The lowest BCUT2D eigenvalue weighted by atomic mass is 9.98. The largest absolute Gasteiger partial charge is 0.480 e. The lowest BCUT2D eigenvalue weighted by Crippen LogP contribution is -2.65. The van der Waals surface area contributed by atoms with Gasteiger partial charge in [0.2, 0.25) is 0 Å². The molecule has 3 aliphatic rings. The zero-order chi connectivity index (χ0) is 28.6. The van der Waals surface area contributed by atoms with E-state index in [4.69, 9.17) is 16.3 Å². The van der Waals surface area contributed by atoms with Crippen LogP contribution in [0.4, 0.5) is 8.78 Å². The summed E-state index contributed by atoms with van der Waals surface area (Å²) in [5, 5.41) is 10.7. The van der Waals surface area contributed by atoms with Gasteiger partial charge in [-0.15, -0.1) is 0 Å². The standard InChI is InChI=1S/C26H31ClF2N4O5S2/c1-30-8-10-31(11-9-30)12-13-39(36)32-16-19-6-7-26(17-32,25(34)35)33(19)40(37)21-14-22(28)24(23(29)15-21)38-20-4-2-18(27)3-5-20/h2-5,14-15,19H,6-13,16-17H2,1H3,(H,34,35). The van der Waals surface area contributed by atoms with Gasteiger partial charge in [0.1, 0.15) is 22.3 Å². The number of aliphatic carboxylic acids is 1. The van der Waals surface area contributed by atoms with Gasteiger partial charge in [-0.3, -0.25) is 9.69 Å². The molecule has 0 radical (unpaired) electrons. The molecule has 218 valence electrons. The van der Waals surface area contributed by atoms with E-state index < -0.39 is 56.9 Å². The van der Waals surface area contributed by atoms with Crippen molar-refractivity contribution in [1.82, 2.24) is 18.4 Å². The van der Waals surface area contributed by atoms with Crippen LogP contribution in [0.25, 0.3) is 0 Å². The molecule has 0 saturated carbocycles. The number of likely N-dealkylation sites (N-methyl/N-ethyl adjacent to an activating group) is 1. The van der Waals surface area contributed by atoms with Crippen molar-refractivity contribution in [1.29, 1.82) is 0 Å². The highest BCUT2D eigenvalue weighted by Crippen LogP contribution is 2.43. The predicted octanol–water partition coefficient (Wildman–Crippen LogP) is 2.95.